The Hall–Kier alpha value is -1.76. The summed E-state index contributed by atoms with van der Waals surface area (Å²) in [6.45, 7) is 8.81. The second kappa shape index (κ2) is 6.60. The monoisotopic (exact) mass is 267 g/mol. The van der Waals surface area contributed by atoms with Gasteiger partial charge < -0.3 is 5.32 Å². The van der Waals surface area contributed by atoms with Crippen LogP contribution in [0.3, 0.4) is 0 Å². The molecule has 2 aromatic carbocycles. The van der Waals surface area contributed by atoms with Gasteiger partial charge in [0.2, 0.25) is 0 Å². The van der Waals surface area contributed by atoms with Crippen LogP contribution in [0.2, 0.25) is 0 Å². The normalized spacial score (nSPS) is 12.2. The van der Waals surface area contributed by atoms with Crippen molar-refractivity contribution in [3.8, 4) is 0 Å². The van der Waals surface area contributed by atoms with Crippen molar-refractivity contribution in [3.63, 3.8) is 0 Å². The summed E-state index contributed by atoms with van der Waals surface area (Å²) in [6, 6.07) is 15.6. The first-order valence-corrected chi connectivity index (χ1v) is 7.53. The summed E-state index contributed by atoms with van der Waals surface area (Å²) < 4.78 is 0. The Kier molecular flexibility index (Phi) is 4.84. The molecule has 20 heavy (non-hydrogen) atoms. The predicted molar refractivity (Wildman–Crippen MR) is 88.4 cm³/mol. The van der Waals surface area contributed by atoms with Gasteiger partial charge in [-0.2, -0.15) is 0 Å². The van der Waals surface area contributed by atoms with E-state index in [1.165, 1.54) is 34.4 Å². The third-order valence-corrected chi connectivity index (χ3v) is 3.81. The van der Waals surface area contributed by atoms with Crippen molar-refractivity contribution in [2.75, 3.05) is 5.32 Å². The molecular weight excluding hydrogens is 242 g/mol. The molecule has 0 fully saturated rings. The van der Waals surface area contributed by atoms with E-state index >= 15 is 0 Å². The lowest BCUT2D eigenvalue weighted by atomic mass is 9.99. The lowest BCUT2D eigenvalue weighted by molar-refractivity contribution is 0.858. The van der Waals surface area contributed by atoms with Crippen LogP contribution in [0.4, 0.5) is 5.69 Å². The van der Waals surface area contributed by atoms with Crippen LogP contribution in [0.25, 0.3) is 0 Å². The summed E-state index contributed by atoms with van der Waals surface area (Å²) in [7, 11) is 0. The fourth-order valence-corrected chi connectivity index (χ4v) is 2.69. The van der Waals surface area contributed by atoms with Gasteiger partial charge in [-0.25, -0.2) is 0 Å². The van der Waals surface area contributed by atoms with E-state index < -0.39 is 0 Å². The van der Waals surface area contributed by atoms with Crippen LogP contribution in [-0.2, 0) is 6.42 Å². The highest BCUT2D eigenvalue weighted by Crippen LogP contribution is 2.25. The molecule has 0 aromatic heterocycles. The van der Waals surface area contributed by atoms with Gasteiger partial charge in [0, 0.05) is 11.7 Å². The summed E-state index contributed by atoms with van der Waals surface area (Å²) in [4.78, 5) is 0. The summed E-state index contributed by atoms with van der Waals surface area (Å²) in [5.74, 6) is 0. The first-order valence-electron chi connectivity index (χ1n) is 7.53. The molecule has 0 saturated heterocycles. The minimum Gasteiger partial charge on any atom is -0.378 e. The quantitative estimate of drug-likeness (QED) is 0.761. The second-order valence-corrected chi connectivity index (χ2v) is 5.63. The molecule has 0 spiro atoms. The molecule has 0 radical (unpaired) electrons. The zero-order chi connectivity index (χ0) is 14.5. The van der Waals surface area contributed by atoms with E-state index in [2.05, 4.69) is 75.5 Å². The molecule has 2 aromatic rings. The van der Waals surface area contributed by atoms with Crippen molar-refractivity contribution in [1.82, 2.24) is 0 Å². The number of aryl methyl sites for hydroxylation is 3. The van der Waals surface area contributed by atoms with Gasteiger partial charge in [-0.15, -0.1) is 0 Å². The molecule has 0 aliphatic carbocycles. The Balaban J connectivity index is 2.23. The zero-order valence-corrected chi connectivity index (χ0v) is 13.0. The Labute approximate surface area is 123 Å². The van der Waals surface area contributed by atoms with Gasteiger partial charge in [-0.3, -0.25) is 0 Å². The molecule has 1 unspecified atom stereocenters. The van der Waals surface area contributed by atoms with E-state index in [4.69, 9.17) is 0 Å². The Morgan fingerprint density at radius 2 is 1.80 bits per heavy atom. The fraction of sp³-hybridized carbons (Fsp3) is 0.368. The van der Waals surface area contributed by atoms with Crippen molar-refractivity contribution in [2.45, 2.75) is 46.6 Å². The van der Waals surface area contributed by atoms with Gasteiger partial charge in [-0.05, 0) is 49.9 Å². The third kappa shape index (κ3) is 3.41. The first-order chi connectivity index (χ1) is 9.61. The third-order valence-electron chi connectivity index (χ3n) is 3.81. The van der Waals surface area contributed by atoms with Gasteiger partial charge in [0.05, 0.1) is 0 Å². The van der Waals surface area contributed by atoms with E-state index in [1.54, 1.807) is 0 Å². The lowest BCUT2D eigenvalue weighted by Gasteiger charge is -2.20. The molecule has 1 nitrogen and oxygen atoms in total. The number of hydrogen-bond acceptors (Lipinski definition) is 1. The number of hydrogen-bond donors (Lipinski definition) is 1. The summed E-state index contributed by atoms with van der Waals surface area (Å²) in [5, 5.41) is 3.68. The van der Waals surface area contributed by atoms with Crippen molar-refractivity contribution < 1.29 is 0 Å². The molecule has 0 amide bonds. The molecule has 1 N–H and O–H groups in total. The summed E-state index contributed by atoms with van der Waals surface area (Å²) in [6.07, 6.45) is 2.30. The van der Waals surface area contributed by atoms with Crippen LogP contribution >= 0.6 is 0 Å². The van der Waals surface area contributed by atoms with Crippen LogP contribution in [0.15, 0.2) is 42.5 Å². The standard InChI is InChI=1S/C19H25N/c1-5-8-17-9-6-7-10-19(17)20-16(4)18-13-14(2)11-12-15(18)3/h6-7,9-13,16,20H,5,8H2,1-4H3. The number of rotatable bonds is 5. The molecule has 106 valence electrons. The molecule has 2 rings (SSSR count). The van der Waals surface area contributed by atoms with Crippen LogP contribution in [-0.4, -0.2) is 0 Å². The van der Waals surface area contributed by atoms with Gasteiger partial charge in [0.15, 0.2) is 0 Å². The topological polar surface area (TPSA) is 12.0 Å². The summed E-state index contributed by atoms with van der Waals surface area (Å²) in [5.41, 5.74) is 6.73. The number of benzene rings is 2. The minimum absolute atomic E-state index is 0.327. The maximum Gasteiger partial charge on any atom is 0.0488 e. The lowest BCUT2D eigenvalue weighted by Crippen LogP contribution is -2.10. The maximum atomic E-state index is 3.68. The Morgan fingerprint density at radius 3 is 2.55 bits per heavy atom. The highest BCUT2D eigenvalue weighted by atomic mass is 14.9. The van der Waals surface area contributed by atoms with E-state index in [1.807, 2.05) is 0 Å². The molecule has 1 atom stereocenters. The Morgan fingerprint density at radius 1 is 1.05 bits per heavy atom. The highest BCUT2D eigenvalue weighted by Gasteiger charge is 2.10. The average molecular weight is 267 g/mol. The minimum atomic E-state index is 0.327. The maximum absolute atomic E-state index is 3.68. The smallest absolute Gasteiger partial charge is 0.0488 e. The fourth-order valence-electron chi connectivity index (χ4n) is 2.69. The van der Waals surface area contributed by atoms with Crippen molar-refractivity contribution >= 4 is 5.69 Å². The molecule has 0 aliphatic heterocycles. The molecule has 0 heterocycles. The van der Waals surface area contributed by atoms with Crippen molar-refractivity contribution in [1.29, 1.82) is 0 Å². The molecule has 0 saturated carbocycles. The van der Waals surface area contributed by atoms with Gasteiger partial charge in [0.25, 0.3) is 0 Å². The molecular formula is C19H25N. The average Bonchev–Trinajstić information content (AvgIpc) is 2.44. The number of nitrogens with one attached hydrogen (secondary N) is 1. The van der Waals surface area contributed by atoms with Crippen LogP contribution in [0.5, 0.6) is 0 Å². The van der Waals surface area contributed by atoms with Crippen LogP contribution in [0, 0.1) is 13.8 Å². The van der Waals surface area contributed by atoms with Crippen molar-refractivity contribution in [2.24, 2.45) is 0 Å². The second-order valence-electron chi connectivity index (χ2n) is 5.63. The number of para-hydroxylation sites is 1. The number of anilines is 1. The SMILES string of the molecule is CCCc1ccccc1NC(C)c1cc(C)ccc1C. The van der Waals surface area contributed by atoms with Crippen molar-refractivity contribution in [3.05, 3.63) is 64.7 Å². The zero-order valence-electron chi connectivity index (χ0n) is 13.0. The van der Waals surface area contributed by atoms with Crippen LogP contribution in [0.1, 0.15) is 48.6 Å². The van der Waals surface area contributed by atoms with E-state index in [0.29, 0.717) is 6.04 Å². The van der Waals surface area contributed by atoms with Gasteiger partial charge >= 0.3 is 0 Å². The van der Waals surface area contributed by atoms with Gasteiger partial charge in [-0.1, -0.05) is 55.3 Å². The van der Waals surface area contributed by atoms with Gasteiger partial charge in [0.1, 0.15) is 0 Å². The molecule has 1 heteroatoms. The van der Waals surface area contributed by atoms with E-state index in [-0.39, 0.29) is 0 Å². The summed E-state index contributed by atoms with van der Waals surface area (Å²) >= 11 is 0. The first kappa shape index (κ1) is 14.6. The molecule has 0 bridgehead atoms. The highest BCUT2D eigenvalue weighted by molar-refractivity contribution is 5.53. The Bertz CT molecular complexity index is 572. The largest absolute Gasteiger partial charge is 0.378 e. The molecule has 0 aliphatic rings. The van der Waals surface area contributed by atoms with E-state index in [9.17, 15) is 0 Å². The predicted octanol–water partition coefficient (Wildman–Crippen LogP) is 5.43. The van der Waals surface area contributed by atoms with E-state index in [0.717, 1.165) is 6.42 Å². The van der Waals surface area contributed by atoms with Crippen LogP contribution < -0.4 is 5.32 Å².